The van der Waals surface area contributed by atoms with E-state index in [1.54, 1.807) is 0 Å². The van der Waals surface area contributed by atoms with Gasteiger partial charge in [0.05, 0.1) is 0 Å². The van der Waals surface area contributed by atoms with Crippen LogP contribution in [0.2, 0.25) is 0 Å². The molecule has 0 bridgehead atoms. The Morgan fingerprint density at radius 1 is 1.17 bits per heavy atom. The fourth-order valence-corrected chi connectivity index (χ4v) is 1.78. The average Bonchev–Trinajstić information content (AvgIpc) is 1.72. The molecule has 0 aromatic rings. The van der Waals surface area contributed by atoms with Crippen molar-refractivity contribution in [1.29, 1.82) is 0 Å². The van der Waals surface area contributed by atoms with E-state index >= 15 is 0 Å². The third-order valence-corrected chi connectivity index (χ3v) is 2.50. The van der Waals surface area contributed by atoms with E-state index in [0.29, 0.717) is 0 Å². The first-order valence-corrected chi connectivity index (χ1v) is 4.48. The number of hydrogen-bond acceptors (Lipinski definition) is 0. The van der Waals surface area contributed by atoms with Crippen LogP contribution < -0.4 is 0 Å². The number of hydrogen-bond donors (Lipinski definition) is 0. The Labute approximate surface area is 44.4 Å². The predicted octanol–water partition coefficient (Wildman–Crippen LogP) is 1.12. The zero-order chi connectivity index (χ0) is 4.24. The van der Waals surface area contributed by atoms with Gasteiger partial charge in [-0.15, -0.1) is 0 Å². The molecule has 0 atom stereocenters. The molecule has 1 rings (SSSR count). The summed E-state index contributed by atoms with van der Waals surface area (Å²) in [7, 11) is 0. The molecule has 0 unspecified atom stereocenters. The van der Waals surface area contributed by atoms with E-state index in [2.05, 4.69) is 22.0 Å². The molecular formula is C5H6Ge. The van der Waals surface area contributed by atoms with E-state index in [4.69, 9.17) is 0 Å². The normalized spacial score (nSPS) is 18.7. The molecule has 30 valence electrons. The standard InChI is InChI=1S/C5H6Ge/c1-2-4-6-5-3-1/h2-5H,1H2. The molecular weight excluding hydrogens is 133 g/mol. The van der Waals surface area contributed by atoms with Gasteiger partial charge in [0.2, 0.25) is 0 Å². The molecule has 0 aliphatic carbocycles. The summed E-state index contributed by atoms with van der Waals surface area (Å²) in [6.45, 7) is 0. The van der Waals surface area contributed by atoms with Crippen molar-refractivity contribution in [2.75, 3.05) is 0 Å². The van der Waals surface area contributed by atoms with Gasteiger partial charge in [-0.1, -0.05) is 0 Å². The Morgan fingerprint density at radius 3 is 2.00 bits per heavy atom. The van der Waals surface area contributed by atoms with Crippen LogP contribution in [0.4, 0.5) is 0 Å². The third-order valence-electron chi connectivity index (χ3n) is 0.700. The molecule has 0 saturated heterocycles. The van der Waals surface area contributed by atoms with Gasteiger partial charge < -0.3 is 0 Å². The Morgan fingerprint density at radius 2 is 1.83 bits per heavy atom. The molecule has 0 N–H and O–H groups in total. The van der Waals surface area contributed by atoms with E-state index in [1.165, 1.54) is 6.42 Å². The Balaban J connectivity index is 2.40. The maximum atomic E-state index is 2.31. The van der Waals surface area contributed by atoms with Crippen LogP contribution in [0.3, 0.4) is 0 Å². The van der Waals surface area contributed by atoms with Crippen molar-refractivity contribution in [2.24, 2.45) is 0 Å². The van der Waals surface area contributed by atoms with Gasteiger partial charge >= 0.3 is 43.8 Å². The summed E-state index contributed by atoms with van der Waals surface area (Å²) in [5.74, 6) is 0. The van der Waals surface area contributed by atoms with E-state index in [0.717, 1.165) is 0 Å². The van der Waals surface area contributed by atoms with E-state index in [9.17, 15) is 0 Å². The third kappa shape index (κ3) is 1.01. The predicted molar refractivity (Wildman–Crippen MR) is 28.7 cm³/mol. The summed E-state index contributed by atoms with van der Waals surface area (Å²) in [6, 6.07) is 0. The molecule has 0 aromatic heterocycles. The van der Waals surface area contributed by atoms with Crippen LogP contribution in [-0.2, 0) is 0 Å². The summed E-state index contributed by atoms with van der Waals surface area (Å²) in [4.78, 5) is 4.61. The van der Waals surface area contributed by atoms with Crippen LogP contribution in [0.5, 0.6) is 0 Å². The molecule has 0 amide bonds. The van der Waals surface area contributed by atoms with Crippen LogP contribution in [0.1, 0.15) is 6.42 Å². The van der Waals surface area contributed by atoms with Crippen molar-refractivity contribution < 1.29 is 0 Å². The molecule has 1 aliphatic rings. The molecule has 1 heteroatoms. The molecule has 6 heavy (non-hydrogen) atoms. The fourth-order valence-electron chi connectivity index (χ4n) is 0.406. The fraction of sp³-hybridized carbons (Fsp3) is 0.200. The van der Waals surface area contributed by atoms with E-state index in [1.807, 2.05) is 0 Å². The maximum absolute atomic E-state index is 2.31. The first-order chi connectivity index (χ1) is 3.00. The molecule has 0 spiro atoms. The van der Waals surface area contributed by atoms with Gasteiger partial charge in [-0.2, -0.15) is 0 Å². The summed E-state index contributed by atoms with van der Waals surface area (Å²) < 4.78 is 0. The molecule has 2 radical (unpaired) electrons. The van der Waals surface area contributed by atoms with Gasteiger partial charge in [0, 0.05) is 0 Å². The zero-order valence-electron chi connectivity index (χ0n) is 3.52. The first-order valence-electron chi connectivity index (χ1n) is 2.06. The van der Waals surface area contributed by atoms with E-state index in [-0.39, 0.29) is 15.4 Å². The Kier molecular flexibility index (Phi) is 1.56. The van der Waals surface area contributed by atoms with Gasteiger partial charge in [-0.3, -0.25) is 0 Å². The quantitative estimate of drug-likeness (QED) is 0.441. The van der Waals surface area contributed by atoms with Crippen molar-refractivity contribution in [1.82, 2.24) is 0 Å². The van der Waals surface area contributed by atoms with Crippen molar-refractivity contribution in [3.63, 3.8) is 0 Å². The number of allylic oxidation sites excluding steroid dienone is 2. The summed E-state index contributed by atoms with van der Waals surface area (Å²) in [6.07, 6.45) is 5.64. The van der Waals surface area contributed by atoms with Gasteiger partial charge in [0.25, 0.3) is 0 Å². The first kappa shape index (κ1) is 4.19. The van der Waals surface area contributed by atoms with Crippen molar-refractivity contribution in [2.45, 2.75) is 6.42 Å². The van der Waals surface area contributed by atoms with E-state index < -0.39 is 0 Å². The van der Waals surface area contributed by atoms with Gasteiger partial charge in [-0.05, 0) is 0 Å². The monoisotopic (exact) mass is 140 g/mol. The van der Waals surface area contributed by atoms with Gasteiger partial charge in [0.15, 0.2) is 0 Å². The second-order valence-corrected chi connectivity index (χ2v) is 3.31. The van der Waals surface area contributed by atoms with Gasteiger partial charge in [0.1, 0.15) is 0 Å². The minimum atomic E-state index is 0.247. The van der Waals surface area contributed by atoms with Crippen LogP contribution in [0.25, 0.3) is 0 Å². The molecule has 1 aliphatic heterocycles. The van der Waals surface area contributed by atoms with Crippen LogP contribution in [-0.4, -0.2) is 15.4 Å². The molecule has 0 nitrogen and oxygen atoms in total. The average molecular weight is 139 g/mol. The van der Waals surface area contributed by atoms with Crippen molar-refractivity contribution >= 4 is 15.4 Å². The second-order valence-electron chi connectivity index (χ2n) is 1.21. The molecule has 0 saturated carbocycles. The molecule has 0 fully saturated rings. The molecule has 0 aromatic carbocycles. The minimum absolute atomic E-state index is 0.247. The summed E-state index contributed by atoms with van der Waals surface area (Å²) in [5, 5.41) is 0. The van der Waals surface area contributed by atoms with Gasteiger partial charge in [-0.25, -0.2) is 0 Å². The Hall–Kier alpha value is 0.0229. The SMILES string of the molecule is C1=[CH][Ge][CH]=CC1. The topological polar surface area (TPSA) is 0 Å². The summed E-state index contributed by atoms with van der Waals surface area (Å²) >= 11 is 0.247. The zero-order valence-corrected chi connectivity index (χ0v) is 5.61. The summed E-state index contributed by atoms with van der Waals surface area (Å²) in [5.41, 5.74) is 0. The van der Waals surface area contributed by atoms with Crippen molar-refractivity contribution in [3.8, 4) is 0 Å². The van der Waals surface area contributed by atoms with Crippen LogP contribution >= 0.6 is 0 Å². The Bertz CT molecular complexity index is 61.9. The van der Waals surface area contributed by atoms with Crippen LogP contribution in [0.15, 0.2) is 22.0 Å². The van der Waals surface area contributed by atoms with Crippen LogP contribution in [0, 0.1) is 0 Å². The van der Waals surface area contributed by atoms with Crippen molar-refractivity contribution in [3.05, 3.63) is 22.0 Å². The number of rotatable bonds is 0. The second kappa shape index (κ2) is 2.24. The molecule has 1 heterocycles.